The predicted molar refractivity (Wildman–Crippen MR) is 118 cm³/mol. The van der Waals surface area contributed by atoms with Crippen molar-refractivity contribution in [2.75, 3.05) is 11.9 Å². The molecule has 4 rings (SSSR count). The van der Waals surface area contributed by atoms with Crippen molar-refractivity contribution in [2.45, 2.75) is 25.8 Å². The quantitative estimate of drug-likeness (QED) is 0.555. The molecule has 3 amide bonds. The van der Waals surface area contributed by atoms with E-state index >= 15 is 0 Å². The number of anilines is 1. The second-order valence-electron chi connectivity index (χ2n) is 7.91. The monoisotopic (exact) mass is 446 g/mol. The summed E-state index contributed by atoms with van der Waals surface area (Å²) in [6.45, 7) is 3.37. The first-order chi connectivity index (χ1) is 15.7. The minimum Gasteiger partial charge on any atom is -0.315 e. The van der Waals surface area contributed by atoms with Gasteiger partial charge in [-0.1, -0.05) is 30.0 Å². The Morgan fingerprint density at radius 2 is 1.64 bits per heavy atom. The highest BCUT2D eigenvalue weighted by Crippen LogP contribution is 2.38. The second kappa shape index (κ2) is 8.43. The number of carbonyl (C=O) groups is 2. The highest BCUT2D eigenvalue weighted by molar-refractivity contribution is 6.16. The molecule has 1 aliphatic rings. The number of rotatable bonds is 2. The summed E-state index contributed by atoms with van der Waals surface area (Å²) in [6, 6.07) is 11.7. The molecular formula is C25H20F2N4O2. The van der Waals surface area contributed by atoms with Gasteiger partial charge in [-0.05, 0) is 44.2 Å². The van der Waals surface area contributed by atoms with Crippen LogP contribution in [-0.4, -0.2) is 33.9 Å². The maximum absolute atomic E-state index is 15.0. The number of nitrogens with zero attached hydrogens (tertiary/aromatic N) is 4. The maximum Gasteiger partial charge on any atom is 0.332 e. The van der Waals surface area contributed by atoms with Gasteiger partial charge in [-0.15, -0.1) is 0 Å². The highest BCUT2D eigenvalue weighted by Gasteiger charge is 2.48. The number of imide groups is 1. The lowest BCUT2D eigenvalue weighted by Crippen LogP contribution is -2.60. The summed E-state index contributed by atoms with van der Waals surface area (Å²) >= 11 is 0. The number of halogens is 2. The van der Waals surface area contributed by atoms with Crippen LogP contribution in [0.3, 0.4) is 0 Å². The van der Waals surface area contributed by atoms with E-state index in [4.69, 9.17) is 0 Å². The summed E-state index contributed by atoms with van der Waals surface area (Å²) in [5.41, 5.74) is -0.574. The summed E-state index contributed by atoms with van der Waals surface area (Å²) < 4.78 is 29.9. The van der Waals surface area contributed by atoms with Crippen LogP contribution in [-0.2, 0) is 10.3 Å². The lowest BCUT2D eigenvalue weighted by atomic mass is 9.88. The van der Waals surface area contributed by atoms with E-state index in [1.165, 1.54) is 18.1 Å². The van der Waals surface area contributed by atoms with Crippen LogP contribution in [0.15, 0.2) is 54.7 Å². The molecule has 1 saturated heterocycles. The highest BCUT2D eigenvalue weighted by atomic mass is 19.1. The first-order valence-corrected chi connectivity index (χ1v) is 10.2. The molecule has 0 spiro atoms. The summed E-state index contributed by atoms with van der Waals surface area (Å²) in [7, 11) is 1.47. The van der Waals surface area contributed by atoms with Crippen LogP contribution in [0.1, 0.15) is 36.0 Å². The van der Waals surface area contributed by atoms with E-state index in [0.29, 0.717) is 22.0 Å². The number of urea groups is 1. The van der Waals surface area contributed by atoms with Crippen molar-refractivity contribution < 1.29 is 18.4 Å². The van der Waals surface area contributed by atoms with Crippen LogP contribution in [0.2, 0.25) is 0 Å². The molecule has 1 unspecified atom stereocenters. The van der Waals surface area contributed by atoms with Crippen molar-refractivity contribution in [1.29, 1.82) is 0 Å². The molecule has 0 aliphatic carbocycles. The van der Waals surface area contributed by atoms with E-state index in [-0.39, 0.29) is 12.0 Å². The van der Waals surface area contributed by atoms with Crippen LogP contribution in [0.5, 0.6) is 0 Å². The molecule has 2 aromatic carbocycles. The molecule has 8 heteroatoms. The molecule has 1 fully saturated rings. The normalized spacial score (nSPS) is 18.2. The smallest absolute Gasteiger partial charge is 0.315 e. The van der Waals surface area contributed by atoms with Gasteiger partial charge < -0.3 is 4.90 Å². The Kier molecular flexibility index (Phi) is 5.64. The van der Waals surface area contributed by atoms with E-state index in [1.807, 2.05) is 6.07 Å². The van der Waals surface area contributed by atoms with Crippen molar-refractivity contribution in [3.63, 3.8) is 0 Å². The van der Waals surface area contributed by atoms with Gasteiger partial charge in [-0.25, -0.2) is 28.4 Å². The standard InChI is InChI=1S/C25H20F2N4O2/c1-16-28-12-11-21(29-16)25(2)15-22(32)31(24(33)30(25)3)23-19(26)13-18(14-20(23)27)10-9-17-7-5-4-6-8-17/h4-8,11-14H,15H2,1-3H3. The maximum atomic E-state index is 15.0. The molecule has 3 aromatic rings. The van der Waals surface area contributed by atoms with Crippen molar-refractivity contribution in [3.8, 4) is 11.8 Å². The number of hydrogen-bond donors (Lipinski definition) is 0. The Bertz CT molecular complexity index is 1290. The molecule has 1 aromatic heterocycles. The van der Waals surface area contributed by atoms with Crippen molar-refractivity contribution in [2.24, 2.45) is 0 Å². The lowest BCUT2D eigenvalue weighted by molar-refractivity contribution is -0.122. The zero-order chi connectivity index (χ0) is 23.8. The number of aromatic nitrogens is 2. The molecule has 2 heterocycles. The van der Waals surface area contributed by atoms with E-state index in [2.05, 4.69) is 21.8 Å². The Labute approximate surface area is 189 Å². The zero-order valence-corrected chi connectivity index (χ0v) is 18.3. The molecule has 33 heavy (non-hydrogen) atoms. The number of benzene rings is 2. The zero-order valence-electron chi connectivity index (χ0n) is 18.3. The number of hydrogen-bond acceptors (Lipinski definition) is 4. The number of carbonyl (C=O) groups excluding carboxylic acids is 2. The van der Waals surface area contributed by atoms with Crippen molar-refractivity contribution in [1.82, 2.24) is 14.9 Å². The second-order valence-corrected chi connectivity index (χ2v) is 7.91. The third-order valence-corrected chi connectivity index (χ3v) is 5.66. The molecule has 0 radical (unpaired) electrons. The first kappa shape index (κ1) is 22.1. The van der Waals surface area contributed by atoms with Gasteiger partial charge in [0.15, 0.2) is 11.6 Å². The third-order valence-electron chi connectivity index (χ3n) is 5.66. The molecule has 1 atom stereocenters. The first-order valence-electron chi connectivity index (χ1n) is 10.2. The molecule has 166 valence electrons. The van der Waals surface area contributed by atoms with Crippen LogP contribution in [0, 0.1) is 30.4 Å². The fraction of sp³-hybridized carbons (Fsp3) is 0.200. The molecule has 0 N–H and O–H groups in total. The van der Waals surface area contributed by atoms with Crippen molar-refractivity contribution >= 4 is 17.6 Å². The van der Waals surface area contributed by atoms with Gasteiger partial charge >= 0.3 is 6.03 Å². The Morgan fingerprint density at radius 3 is 2.27 bits per heavy atom. The topological polar surface area (TPSA) is 66.4 Å². The van der Waals surface area contributed by atoms with Crippen LogP contribution < -0.4 is 4.90 Å². The Morgan fingerprint density at radius 1 is 1.00 bits per heavy atom. The minimum absolute atomic E-state index is 0.0872. The van der Waals surface area contributed by atoms with Crippen LogP contribution in [0.25, 0.3) is 0 Å². The average Bonchev–Trinajstić information content (AvgIpc) is 2.78. The molecule has 0 bridgehead atoms. The van der Waals surface area contributed by atoms with Gasteiger partial charge in [0, 0.05) is 24.4 Å². The van der Waals surface area contributed by atoms with Crippen LogP contribution >= 0.6 is 0 Å². The summed E-state index contributed by atoms with van der Waals surface area (Å²) in [5, 5.41) is 0. The van der Waals surface area contributed by atoms with E-state index in [0.717, 1.165) is 12.1 Å². The SMILES string of the molecule is Cc1nccc(C2(C)CC(=O)N(c3c(F)cc(C#Cc4ccccc4)cc3F)C(=O)N2C)n1. The van der Waals surface area contributed by atoms with E-state index in [1.54, 1.807) is 44.2 Å². The minimum atomic E-state index is -1.09. The number of amides is 3. The molecule has 0 saturated carbocycles. The summed E-state index contributed by atoms with van der Waals surface area (Å²) in [5.74, 6) is 3.16. The van der Waals surface area contributed by atoms with Crippen molar-refractivity contribution in [3.05, 3.63) is 89.0 Å². The summed E-state index contributed by atoms with van der Waals surface area (Å²) in [6.07, 6.45) is 1.33. The van der Waals surface area contributed by atoms with Gasteiger partial charge in [-0.3, -0.25) is 4.79 Å². The van der Waals surface area contributed by atoms with Gasteiger partial charge in [0.1, 0.15) is 11.5 Å². The largest absolute Gasteiger partial charge is 0.332 e. The van der Waals surface area contributed by atoms with E-state index in [9.17, 15) is 18.4 Å². The Hall–Kier alpha value is -4.12. The van der Waals surface area contributed by atoms with Gasteiger partial charge in [-0.2, -0.15) is 0 Å². The molecule has 1 aliphatic heterocycles. The fourth-order valence-corrected chi connectivity index (χ4v) is 3.72. The van der Waals surface area contributed by atoms with E-state index < -0.39 is 34.8 Å². The van der Waals surface area contributed by atoms with Gasteiger partial charge in [0.05, 0.1) is 17.7 Å². The predicted octanol–water partition coefficient (Wildman–Crippen LogP) is 4.17. The lowest BCUT2D eigenvalue weighted by Gasteiger charge is -2.45. The van der Waals surface area contributed by atoms with Gasteiger partial charge in [0.2, 0.25) is 5.91 Å². The molecule has 6 nitrogen and oxygen atoms in total. The number of aryl methyl sites for hydroxylation is 1. The third kappa shape index (κ3) is 4.05. The average molecular weight is 446 g/mol. The van der Waals surface area contributed by atoms with Gasteiger partial charge in [0.25, 0.3) is 0 Å². The van der Waals surface area contributed by atoms with Crippen LogP contribution in [0.4, 0.5) is 19.3 Å². The Balaban J connectivity index is 1.68. The molecular weight excluding hydrogens is 426 g/mol. The summed E-state index contributed by atoms with van der Waals surface area (Å²) in [4.78, 5) is 36.3. The fourth-order valence-electron chi connectivity index (χ4n) is 3.72.